The van der Waals surface area contributed by atoms with Gasteiger partial charge in [0.15, 0.2) is 0 Å². The van der Waals surface area contributed by atoms with Crippen molar-refractivity contribution in [1.82, 2.24) is 5.32 Å². The summed E-state index contributed by atoms with van der Waals surface area (Å²) in [6.07, 6.45) is 30.7. The maximum atomic E-state index is 5.21. The average Bonchev–Trinajstić information content (AvgIpc) is 3.28. The Hall–Kier alpha value is -0.280. The minimum absolute atomic E-state index is 0. The van der Waals surface area contributed by atoms with Crippen molar-refractivity contribution in [2.24, 2.45) is 5.73 Å². The molecule has 3 nitrogen and oxygen atoms in total. The van der Waals surface area contributed by atoms with Gasteiger partial charge in [0, 0.05) is 0 Å². The molecule has 0 atom stereocenters. The van der Waals surface area contributed by atoms with E-state index in [9.17, 15) is 0 Å². The van der Waals surface area contributed by atoms with Gasteiger partial charge in [-0.2, -0.15) is 0 Å². The number of hydrogen-bond acceptors (Lipinski definition) is 2. The molecule has 1 aliphatic rings. The smallest absolute Gasteiger partial charge is 0.232 e. The molecule has 1 rings (SSSR count). The third-order valence-electron chi connectivity index (χ3n) is 6.17. The quantitative estimate of drug-likeness (QED) is 0.197. The monoisotopic (exact) mass is 459 g/mol. The summed E-state index contributed by atoms with van der Waals surface area (Å²) in [5.41, 5.74) is 5.21. The lowest BCUT2D eigenvalue weighted by atomic mass is 10.0. The highest BCUT2D eigenvalue weighted by molar-refractivity contribution is 5.49. The molecule has 0 aromatic heterocycles. The second kappa shape index (κ2) is 29.7. The third kappa shape index (κ3) is 27.7. The molecule has 0 saturated carbocycles. The Morgan fingerprint density at radius 2 is 1.00 bits per heavy atom. The van der Waals surface area contributed by atoms with E-state index in [2.05, 4.69) is 30.1 Å². The number of nitrogens with two attached hydrogens (primary N) is 1. The van der Waals surface area contributed by atoms with E-state index in [1.807, 2.05) is 0 Å². The first-order chi connectivity index (χ1) is 14.8. The van der Waals surface area contributed by atoms with E-state index in [1.165, 1.54) is 142 Å². The molecule has 1 aliphatic heterocycles. The lowest BCUT2D eigenvalue weighted by Gasteiger charge is -2.04. The zero-order valence-electron chi connectivity index (χ0n) is 21.5. The minimum Gasteiger partial charge on any atom is -1.00 e. The Morgan fingerprint density at radius 3 is 1.32 bits per heavy atom. The molecule has 0 bridgehead atoms. The van der Waals surface area contributed by atoms with Crippen LogP contribution in [0.4, 0.5) is 0 Å². The van der Waals surface area contributed by atoms with Crippen LogP contribution < -0.4 is 23.5 Å². The van der Waals surface area contributed by atoms with E-state index in [-0.39, 0.29) is 12.4 Å². The second-order valence-corrected chi connectivity index (χ2v) is 9.27. The predicted molar refractivity (Wildman–Crippen MR) is 137 cm³/mol. The van der Waals surface area contributed by atoms with Crippen molar-refractivity contribution >= 4 is 6.34 Å². The maximum Gasteiger partial charge on any atom is 0.232 e. The van der Waals surface area contributed by atoms with Gasteiger partial charge in [0.25, 0.3) is 0 Å². The van der Waals surface area contributed by atoms with Gasteiger partial charge in [-0.25, -0.2) is 0 Å². The van der Waals surface area contributed by atoms with E-state index in [0.717, 1.165) is 13.1 Å². The van der Waals surface area contributed by atoms with Gasteiger partial charge in [-0.05, 0) is 25.8 Å². The highest BCUT2D eigenvalue weighted by Gasteiger charge is 2.06. The fraction of sp³-hybridized carbons (Fsp3) is 0.963. The summed E-state index contributed by atoms with van der Waals surface area (Å²) in [6.45, 7) is 8.93. The Kier molecular flexibility index (Phi) is 31.5. The fourth-order valence-corrected chi connectivity index (χ4v) is 4.08. The summed E-state index contributed by atoms with van der Waals surface area (Å²) in [7, 11) is 0. The van der Waals surface area contributed by atoms with Gasteiger partial charge in [-0.3, -0.25) is 9.89 Å². The van der Waals surface area contributed by atoms with Crippen LogP contribution in [0.3, 0.4) is 0 Å². The molecule has 188 valence electrons. The molecule has 0 aromatic carbocycles. The van der Waals surface area contributed by atoms with Crippen molar-refractivity contribution in [3.8, 4) is 0 Å². The van der Waals surface area contributed by atoms with E-state index in [4.69, 9.17) is 5.73 Å². The molecule has 0 saturated heterocycles. The first-order valence-electron chi connectivity index (χ1n) is 13.9. The molecule has 0 unspecified atom stereocenters. The van der Waals surface area contributed by atoms with Gasteiger partial charge in [0.1, 0.15) is 13.1 Å². The number of nitrogens with zero attached hydrogens (tertiary/aromatic N) is 1. The minimum atomic E-state index is 0. The number of rotatable bonds is 21. The van der Waals surface area contributed by atoms with E-state index >= 15 is 0 Å². The molecular formula is C27H58ClN3. The van der Waals surface area contributed by atoms with Crippen LogP contribution in [0.25, 0.3) is 0 Å². The van der Waals surface area contributed by atoms with Crippen LogP contribution in [0.15, 0.2) is 0 Å². The van der Waals surface area contributed by atoms with Gasteiger partial charge in [-0.15, -0.1) is 0 Å². The molecule has 0 radical (unpaired) electrons. The van der Waals surface area contributed by atoms with Crippen molar-refractivity contribution < 1.29 is 17.0 Å². The average molecular weight is 460 g/mol. The summed E-state index contributed by atoms with van der Waals surface area (Å²) in [5.74, 6) is 0. The van der Waals surface area contributed by atoms with Crippen LogP contribution in [-0.2, 0) is 0 Å². The molecule has 1 heterocycles. The summed E-state index contributed by atoms with van der Waals surface area (Å²) < 4.78 is 2.42. The lowest BCUT2D eigenvalue weighted by Crippen LogP contribution is -3.00. The molecule has 31 heavy (non-hydrogen) atoms. The van der Waals surface area contributed by atoms with Crippen LogP contribution in [0.5, 0.6) is 0 Å². The third-order valence-corrected chi connectivity index (χ3v) is 6.17. The highest BCUT2D eigenvalue weighted by atomic mass is 35.5. The summed E-state index contributed by atoms with van der Waals surface area (Å²) in [4.78, 5) is 0. The molecule has 0 spiro atoms. The normalized spacial score (nSPS) is 12.5. The molecular weight excluding hydrogens is 402 g/mol. The van der Waals surface area contributed by atoms with E-state index < -0.39 is 0 Å². The molecule has 0 amide bonds. The standard InChI is InChI=1S/C22H44N2.C5H13N.ClH/c1-2-3-4-5-6-7-8-9-10-11-12-13-14-15-16-17-18-20-24-21-19-23-22-24;1-2-3-4-5-6;/h22H,2-21H2,1H3;2-6H2,1H3;1H. The summed E-state index contributed by atoms with van der Waals surface area (Å²) >= 11 is 0. The van der Waals surface area contributed by atoms with Gasteiger partial charge in [0.2, 0.25) is 6.34 Å². The topological polar surface area (TPSA) is 41.1 Å². The van der Waals surface area contributed by atoms with Crippen molar-refractivity contribution in [1.29, 1.82) is 0 Å². The van der Waals surface area contributed by atoms with Crippen molar-refractivity contribution in [2.45, 2.75) is 142 Å². The van der Waals surface area contributed by atoms with Crippen molar-refractivity contribution in [2.75, 3.05) is 26.2 Å². The van der Waals surface area contributed by atoms with Crippen LogP contribution in [0, 0.1) is 0 Å². The van der Waals surface area contributed by atoms with E-state index in [0.29, 0.717) is 0 Å². The Bertz CT molecular complexity index is 343. The maximum absolute atomic E-state index is 5.21. The van der Waals surface area contributed by atoms with Gasteiger partial charge in [0.05, 0.1) is 6.54 Å². The SMILES string of the molecule is CCCCCCCCCCCCCCCCCCC[N+]1=CNCC1.CCCCCN.[Cl-]. The lowest BCUT2D eigenvalue weighted by molar-refractivity contribution is -0.514. The summed E-state index contributed by atoms with van der Waals surface area (Å²) in [5, 5.41) is 3.28. The first-order valence-corrected chi connectivity index (χ1v) is 13.9. The van der Waals surface area contributed by atoms with E-state index in [1.54, 1.807) is 0 Å². The van der Waals surface area contributed by atoms with Crippen molar-refractivity contribution in [3.63, 3.8) is 0 Å². The number of unbranched alkanes of at least 4 members (excludes halogenated alkanes) is 18. The largest absolute Gasteiger partial charge is 1.00 e. The zero-order valence-corrected chi connectivity index (χ0v) is 22.2. The highest BCUT2D eigenvalue weighted by Crippen LogP contribution is 2.14. The van der Waals surface area contributed by atoms with Gasteiger partial charge >= 0.3 is 0 Å². The second-order valence-electron chi connectivity index (χ2n) is 9.27. The molecule has 3 N–H and O–H groups in total. The number of halogens is 1. The molecule has 0 aromatic rings. The van der Waals surface area contributed by atoms with Crippen molar-refractivity contribution in [3.05, 3.63) is 0 Å². The molecule has 0 aliphatic carbocycles. The first kappa shape index (κ1) is 32.9. The number of nitrogens with one attached hydrogen (secondary N) is 1. The predicted octanol–water partition coefficient (Wildman–Crippen LogP) is 4.42. The summed E-state index contributed by atoms with van der Waals surface area (Å²) in [6, 6.07) is 0. The zero-order chi connectivity index (χ0) is 22.0. The molecule has 0 fully saturated rings. The van der Waals surface area contributed by atoms with Gasteiger partial charge < -0.3 is 18.1 Å². The van der Waals surface area contributed by atoms with Crippen LogP contribution in [-0.4, -0.2) is 37.1 Å². The van der Waals surface area contributed by atoms with Crippen LogP contribution in [0.2, 0.25) is 0 Å². The Labute approximate surface area is 202 Å². The number of hydrogen-bond donors (Lipinski definition) is 2. The van der Waals surface area contributed by atoms with Crippen LogP contribution in [0.1, 0.15) is 142 Å². The Balaban J connectivity index is 0. The molecule has 4 heteroatoms. The fourth-order valence-electron chi connectivity index (χ4n) is 4.08. The van der Waals surface area contributed by atoms with Gasteiger partial charge in [-0.1, -0.05) is 123 Å². The van der Waals surface area contributed by atoms with Crippen LogP contribution >= 0.6 is 0 Å². The Morgan fingerprint density at radius 1 is 0.613 bits per heavy atom.